The molecule has 4 nitrogen and oxygen atoms in total. The highest BCUT2D eigenvalue weighted by Gasteiger charge is 2.30. The number of halogens is 3. The van der Waals surface area contributed by atoms with Crippen molar-refractivity contribution in [3.05, 3.63) is 52.1 Å². The topological polar surface area (TPSA) is 48.0 Å². The minimum atomic E-state index is -4.38. The van der Waals surface area contributed by atoms with E-state index in [1.807, 2.05) is 0 Å². The predicted molar refractivity (Wildman–Crippen MR) is 81.6 cm³/mol. The fraction of sp³-hybridized carbons (Fsp3) is 0.294. The van der Waals surface area contributed by atoms with Crippen molar-refractivity contribution >= 4 is 11.1 Å². The van der Waals surface area contributed by atoms with Gasteiger partial charge in [0, 0.05) is 18.5 Å². The summed E-state index contributed by atoms with van der Waals surface area (Å²) in [6.45, 7) is 0.637. The summed E-state index contributed by atoms with van der Waals surface area (Å²) in [4.78, 5) is 16.9. The second-order valence-electron chi connectivity index (χ2n) is 5.85. The first-order valence-electron chi connectivity index (χ1n) is 7.64. The Hall–Kier alpha value is -2.57. The first-order valence-corrected chi connectivity index (χ1v) is 7.64. The lowest BCUT2D eigenvalue weighted by molar-refractivity contribution is -0.137. The number of alkyl halides is 3. The Morgan fingerprint density at radius 2 is 1.88 bits per heavy atom. The predicted octanol–water partition coefficient (Wildman–Crippen LogP) is 4.01. The molecule has 4 rings (SSSR count). The third-order valence-corrected chi connectivity index (χ3v) is 4.26. The number of fused-ring (bicyclic) bond motifs is 2. The maximum absolute atomic E-state index is 12.6. The molecule has 2 aromatic heterocycles. The van der Waals surface area contributed by atoms with Gasteiger partial charge in [-0.25, -0.2) is 0 Å². The Morgan fingerprint density at radius 3 is 2.58 bits per heavy atom. The van der Waals surface area contributed by atoms with Gasteiger partial charge in [-0.15, -0.1) is 0 Å². The van der Waals surface area contributed by atoms with Gasteiger partial charge in [-0.2, -0.15) is 18.2 Å². The van der Waals surface area contributed by atoms with Crippen LogP contribution in [0.25, 0.3) is 22.4 Å². The van der Waals surface area contributed by atoms with E-state index in [0.717, 1.165) is 31.4 Å². The maximum atomic E-state index is 12.6. The maximum Gasteiger partial charge on any atom is 0.416 e. The van der Waals surface area contributed by atoms with Gasteiger partial charge in [0.05, 0.1) is 5.56 Å². The first-order chi connectivity index (χ1) is 11.4. The van der Waals surface area contributed by atoms with Gasteiger partial charge >= 0.3 is 6.18 Å². The quantitative estimate of drug-likeness (QED) is 0.675. The summed E-state index contributed by atoms with van der Waals surface area (Å²) in [5.41, 5.74) is -0.168. The summed E-state index contributed by atoms with van der Waals surface area (Å²) in [6, 6.07) is 6.20. The Bertz CT molecular complexity index is 968. The van der Waals surface area contributed by atoms with Gasteiger partial charge in [0.25, 0.3) is 5.56 Å². The highest BCUT2D eigenvalue weighted by atomic mass is 19.4. The normalized spacial score (nSPS) is 14.8. The Kier molecular flexibility index (Phi) is 3.26. The third kappa shape index (κ3) is 2.40. The van der Waals surface area contributed by atoms with Crippen LogP contribution in [-0.2, 0) is 19.1 Å². The van der Waals surface area contributed by atoms with Crippen LogP contribution >= 0.6 is 0 Å². The van der Waals surface area contributed by atoms with Crippen molar-refractivity contribution in [2.24, 2.45) is 0 Å². The molecule has 0 atom stereocenters. The van der Waals surface area contributed by atoms with Gasteiger partial charge < -0.3 is 4.42 Å². The molecule has 1 aliphatic rings. The van der Waals surface area contributed by atoms with Crippen LogP contribution < -0.4 is 5.56 Å². The Balaban J connectivity index is 1.81. The zero-order valence-electron chi connectivity index (χ0n) is 12.6. The molecule has 3 aromatic rings. The Morgan fingerprint density at radius 1 is 1.12 bits per heavy atom. The number of aromatic nitrogens is 2. The van der Waals surface area contributed by atoms with E-state index < -0.39 is 11.7 Å². The summed E-state index contributed by atoms with van der Waals surface area (Å²) in [7, 11) is 0. The second kappa shape index (κ2) is 5.22. The SMILES string of the molecule is O=c1c2cc(-c3ccc(C(F)(F)F)cc3)oc2nc2n1CCCC2. The molecule has 3 heterocycles. The molecule has 0 saturated heterocycles. The Labute approximate surface area is 134 Å². The van der Waals surface area contributed by atoms with Crippen LogP contribution in [0.3, 0.4) is 0 Å². The van der Waals surface area contributed by atoms with Gasteiger partial charge in [-0.3, -0.25) is 9.36 Å². The highest BCUT2D eigenvalue weighted by Crippen LogP contribution is 2.32. The van der Waals surface area contributed by atoms with Crippen molar-refractivity contribution in [1.82, 2.24) is 9.55 Å². The molecule has 0 fully saturated rings. The highest BCUT2D eigenvalue weighted by molar-refractivity contribution is 5.79. The van der Waals surface area contributed by atoms with Crippen molar-refractivity contribution in [3.63, 3.8) is 0 Å². The van der Waals surface area contributed by atoms with E-state index >= 15 is 0 Å². The average Bonchev–Trinajstić information content (AvgIpc) is 2.99. The molecule has 0 N–H and O–H groups in total. The fourth-order valence-corrected chi connectivity index (χ4v) is 3.00. The van der Waals surface area contributed by atoms with E-state index in [0.29, 0.717) is 29.1 Å². The van der Waals surface area contributed by atoms with E-state index in [1.165, 1.54) is 12.1 Å². The molecular weight excluding hydrogens is 321 g/mol. The van der Waals surface area contributed by atoms with Crippen molar-refractivity contribution in [1.29, 1.82) is 0 Å². The molecule has 0 radical (unpaired) electrons. The smallest absolute Gasteiger partial charge is 0.416 e. The zero-order valence-corrected chi connectivity index (χ0v) is 12.6. The molecule has 0 amide bonds. The van der Waals surface area contributed by atoms with E-state index in [1.54, 1.807) is 10.6 Å². The zero-order chi connectivity index (χ0) is 16.9. The number of nitrogens with zero attached hydrogens (tertiary/aromatic N) is 2. The minimum absolute atomic E-state index is 0.156. The molecule has 0 saturated carbocycles. The van der Waals surface area contributed by atoms with Gasteiger partial charge in [0.15, 0.2) is 0 Å². The summed E-state index contributed by atoms with van der Waals surface area (Å²) < 4.78 is 45.2. The number of hydrogen-bond donors (Lipinski definition) is 0. The third-order valence-electron chi connectivity index (χ3n) is 4.26. The lowest BCUT2D eigenvalue weighted by Crippen LogP contribution is -2.27. The van der Waals surface area contributed by atoms with Crippen molar-refractivity contribution in [3.8, 4) is 11.3 Å². The van der Waals surface area contributed by atoms with Crippen LogP contribution in [-0.4, -0.2) is 9.55 Å². The number of rotatable bonds is 1. The van der Waals surface area contributed by atoms with Crippen molar-refractivity contribution in [2.45, 2.75) is 32.0 Å². The molecule has 1 aliphatic heterocycles. The number of benzene rings is 1. The fourth-order valence-electron chi connectivity index (χ4n) is 3.00. The summed E-state index contributed by atoms with van der Waals surface area (Å²) in [6.07, 6.45) is -1.75. The van der Waals surface area contributed by atoms with Crippen molar-refractivity contribution < 1.29 is 17.6 Å². The van der Waals surface area contributed by atoms with E-state index in [-0.39, 0.29) is 11.3 Å². The van der Waals surface area contributed by atoms with Gasteiger partial charge in [0.2, 0.25) is 5.71 Å². The molecule has 0 bridgehead atoms. The standard InChI is InChI=1S/C17H13F3N2O2/c18-17(19,20)11-6-4-10(5-7-11)13-9-12-15(24-13)21-14-3-1-2-8-22(14)16(12)23/h4-7,9H,1-3,8H2. The summed E-state index contributed by atoms with van der Waals surface area (Å²) in [5, 5.41) is 0.357. The van der Waals surface area contributed by atoms with Gasteiger partial charge in [-0.05, 0) is 31.0 Å². The molecule has 7 heteroatoms. The second-order valence-corrected chi connectivity index (χ2v) is 5.85. The lowest BCUT2D eigenvalue weighted by atomic mass is 10.1. The van der Waals surface area contributed by atoms with Crippen LogP contribution in [0.15, 0.2) is 39.5 Å². The molecular formula is C17H13F3N2O2. The van der Waals surface area contributed by atoms with Crippen LogP contribution in [0.5, 0.6) is 0 Å². The van der Waals surface area contributed by atoms with E-state index in [9.17, 15) is 18.0 Å². The van der Waals surface area contributed by atoms with Gasteiger partial charge in [0.1, 0.15) is 17.0 Å². The molecule has 0 aliphatic carbocycles. The van der Waals surface area contributed by atoms with Gasteiger partial charge in [-0.1, -0.05) is 12.1 Å². The molecule has 0 spiro atoms. The summed E-state index contributed by atoms with van der Waals surface area (Å²) >= 11 is 0. The largest absolute Gasteiger partial charge is 0.437 e. The summed E-state index contributed by atoms with van der Waals surface area (Å²) in [5.74, 6) is 1.04. The first kappa shape index (κ1) is 15.0. The van der Waals surface area contributed by atoms with E-state index in [4.69, 9.17) is 4.42 Å². The molecule has 0 unspecified atom stereocenters. The van der Waals surface area contributed by atoms with Crippen LogP contribution in [0, 0.1) is 0 Å². The molecule has 124 valence electrons. The van der Waals surface area contributed by atoms with Crippen molar-refractivity contribution in [2.75, 3.05) is 0 Å². The lowest BCUT2D eigenvalue weighted by Gasteiger charge is -2.16. The molecule has 1 aromatic carbocycles. The number of furan rings is 1. The number of aryl methyl sites for hydroxylation is 1. The minimum Gasteiger partial charge on any atom is -0.437 e. The number of hydrogen-bond acceptors (Lipinski definition) is 3. The van der Waals surface area contributed by atoms with Crippen LogP contribution in [0.1, 0.15) is 24.2 Å². The van der Waals surface area contributed by atoms with Crippen LogP contribution in [0.2, 0.25) is 0 Å². The average molecular weight is 334 g/mol. The monoisotopic (exact) mass is 334 g/mol. The van der Waals surface area contributed by atoms with Crippen LogP contribution in [0.4, 0.5) is 13.2 Å². The van der Waals surface area contributed by atoms with E-state index in [2.05, 4.69) is 4.98 Å². The molecule has 24 heavy (non-hydrogen) atoms.